The molecule has 0 aliphatic carbocycles. The van der Waals surface area contributed by atoms with E-state index in [1.54, 1.807) is 17.0 Å². The average Bonchev–Trinajstić information content (AvgIpc) is 2.94. The highest BCUT2D eigenvalue weighted by Crippen LogP contribution is 2.31. The van der Waals surface area contributed by atoms with Crippen LogP contribution in [0.4, 0.5) is 4.39 Å². The predicted molar refractivity (Wildman–Crippen MR) is 115 cm³/mol. The third-order valence-electron chi connectivity index (χ3n) is 5.91. The van der Waals surface area contributed by atoms with Gasteiger partial charge in [-0.1, -0.05) is 36.4 Å². The van der Waals surface area contributed by atoms with Crippen molar-refractivity contribution in [2.75, 3.05) is 18.8 Å². The Morgan fingerprint density at radius 1 is 1.10 bits per heavy atom. The van der Waals surface area contributed by atoms with Crippen molar-refractivity contribution < 1.29 is 17.6 Å². The van der Waals surface area contributed by atoms with Crippen molar-refractivity contribution in [3.8, 4) is 0 Å². The van der Waals surface area contributed by atoms with Crippen LogP contribution in [-0.4, -0.2) is 42.6 Å². The first-order valence-electron chi connectivity index (χ1n) is 10.2. The van der Waals surface area contributed by atoms with E-state index in [2.05, 4.69) is 10.6 Å². The zero-order valence-corrected chi connectivity index (χ0v) is 17.7. The number of sulfone groups is 1. The summed E-state index contributed by atoms with van der Waals surface area (Å²) in [5.74, 6) is -0.735. The highest BCUT2D eigenvalue weighted by atomic mass is 32.2. The van der Waals surface area contributed by atoms with Gasteiger partial charge >= 0.3 is 0 Å². The van der Waals surface area contributed by atoms with Crippen molar-refractivity contribution in [2.24, 2.45) is 0 Å². The summed E-state index contributed by atoms with van der Waals surface area (Å²) in [6.45, 7) is 3.01. The number of rotatable bonds is 4. The van der Waals surface area contributed by atoms with E-state index in [4.69, 9.17) is 0 Å². The summed E-state index contributed by atoms with van der Waals surface area (Å²) in [5, 5.41) is 0.225. The molecule has 1 aliphatic heterocycles. The van der Waals surface area contributed by atoms with Crippen LogP contribution in [0.15, 0.2) is 54.6 Å². The summed E-state index contributed by atoms with van der Waals surface area (Å²) in [6, 6.07) is 16.1. The summed E-state index contributed by atoms with van der Waals surface area (Å²) in [4.78, 5) is 14.5. The van der Waals surface area contributed by atoms with Crippen molar-refractivity contribution in [3.63, 3.8) is 0 Å². The van der Waals surface area contributed by atoms with Crippen LogP contribution in [0.25, 0.3) is 10.9 Å². The molecule has 0 saturated carbocycles. The molecule has 1 atom stereocenters. The SMILES string of the molecule is Cc1cc2ccccc2n1CCC(=O)N1CCC(c2ccccc2F)S(=O)(=O)CC1. The Hall–Kier alpha value is -2.67. The molecule has 1 unspecified atom stereocenters. The molecule has 3 aromatic rings. The molecule has 1 fully saturated rings. The van der Waals surface area contributed by atoms with Gasteiger partial charge in [0.25, 0.3) is 0 Å². The summed E-state index contributed by atoms with van der Waals surface area (Å²) >= 11 is 0. The number of benzene rings is 2. The van der Waals surface area contributed by atoms with Crippen molar-refractivity contribution >= 4 is 26.6 Å². The lowest BCUT2D eigenvalue weighted by molar-refractivity contribution is -0.131. The largest absolute Gasteiger partial charge is 0.344 e. The molecule has 158 valence electrons. The first kappa shape index (κ1) is 20.6. The third kappa shape index (κ3) is 3.99. The van der Waals surface area contributed by atoms with E-state index < -0.39 is 20.9 Å². The molecule has 0 spiro atoms. The average molecular weight is 429 g/mol. The Morgan fingerprint density at radius 2 is 1.83 bits per heavy atom. The van der Waals surface area contributed by atoms with Crippen LogP contribution in [0.5, 0.6) is 0 Å². The molecular weight excluding hydrogens is 403 g/mol. The van der Waals surface area contributed by atoms with E-state index in [1.165, 1.54) is 12.1 Å². The van der Waals surface area contributed by atoms with Crippen LogP contribution in [0.1, 0.15) is 29.3 Å². The van der Waals surface area contributed by atoms with Crippen LogP contribution in [0.2, 0.25) is 0 Å². The minimum Gasteiger partial charge on any atom is -0.344 e. The fourth-order valence-corrected chi connectivity index (χ4v) is 6.09. The van der Waals surface area contributed by atoms with Gasteiger partial charge in [0, 0.05) is 42.8 Å². The van der Waals surface area contributed by atoms with Crippen LogP contribution >= 0.6 is 0 Å². The first-order chi connectivity index (χ1) is 14.4. The van der Waals surface area contributed by atoms with Gasteiger partial charge in [0.15, 0.2) is 9.84 Å². The molecule has 1 saturated heterocycles. The lowest BCUT2D eigenvalue weighted by Crippen LogP contribution is -2.34. The maximum absolute atomic E-state index is 14.2. The topological polar surface area (TPSA) is 59.4 Å². The fourth-order valence-electron chi connectivity index (χ4n) is 4.29. The second-order valence-electron chi connectivity index (χ2n) is 7.79. The van der Waals surface area contributed by atoms with Crippen LogP contribution < -0.4 is 0 Å². The van der Waals surface area contributed by atoms with Gasteiger partial charge in [-0.25, -0.2) is 12.8 Å². The second-order valence-corrected chi connectivity index (χ2v) is 10.1. The lowest BCUT2D eigenvalue weighted by Gasteiger charge is -2.20. The van der Waals surface area contributed by atoms with Crippen molar-refractivity contribution in [1.82, 2.24) is 9.47 Å². The van der Waals surface area contributed by atoms with Gasteiger partial charge < -0.3 is 9.47 Å². The van der Waals surface area contributed by atoms with E-state index in [-0.39, 0.29) is 30.2 Å². The van der Waals surface area contributed by atoms with Crippen LogP contribution in [0.3, 0.4) is 0 Å². The number of amides is 1. The van der Waals surface area contributed by atoms with Crippen molar-refractivity contribution in [3.05, 3.63) is 71.7 Å². The number of carbonyl (C=O) groups excluding carboxylic acids is 1. The smallest absolute Gasteiger partial charge is 0.224 e. The molecule has 0 N–H and O–H groups in total. The highest BCUT2D eigenvalue weighted by Gasteiger charge is 2.34. The summed E-state index contributed by atoms with van der Waals surface area (Å²) in [7, 11) is -3.53. The number of para-hydroxylation sites is 1. The molecule has 1 aromatic heterocycles. The molecule has 1 aliphatic rings. The summed E-state index contributed by atoms with van der Waals surface area (Å²) < 4.78 is 41.8. The molecule has 0 bridgehead atoms. The number of halogens is 1. The number of hydrogen-bond acceptors (Lipinski definition) is 3. The van der Waals surface area contributed by atoms with Gasteiger partial charge in [0.2, 0.25) is 5.91 Å². The maximum Gasteiger partial charge on any atom is 0.224 e. The number of fused-ring (bicyclic) bond motifs is 1. The number of hydrogen-bond donors (Lipinski definition) is 0. The molecule has 0 radical (unpaired) electrons. The number of aryl methyl sites for hydroxylation is 2. The van der Waals surface area contributed by atoms with Crippen LogP contribution in [-0.2, 0) is 21.2 Å². The number of nitrogens with zero attached hydrogens (tertiary/aromatic N) is 2. The summed E-state index contributed by atoms with van der Waals surface area (Å²) in [5.41, 5.74) is 2.36. The van der Waals surface area contributed by atoms with Gasteiger partial charge in [0.05, 0.1) is 11.0 Å². The van der Waals surface area contributed by atoms with E-state index in [0.29, 0.717) is 19.5 Å². The molecular formula is C23H25FN2O3S. The maximum atomic E-state index is 14.2. The third-order valence-corrected chi connectivity index (χ3v) is 8.02. The van der Waals surface area contributed by atoms with Gasteiger partial charge in [-0.3, -0.25) is 4.79 Å². The van der Waals surface area contributed by atoms with Gasteiger partial charge in [-0.05, 0) is 36.9 Å². The molecule has 1 amide bonds. The molecule has 30 heavy (non-hydrogen) atoms. The standard InChI is InChI=1S/C23H25FN2O3S/c1-17-16-18-6-2-5-9-21(18)26(17)13-11-23(27)25-12-10-22(30(28,29)15-14-25)19-7-3-4-8-20(19)24/h2-9,16,22H,10-15H2,1H3. The van der Waals surface area contributed by atoms with Gasteiger partial charge in [-0.15, -0.1) is 0 Å². The first-order valence-corrected chi connectivity index (χ1v) is 11.9. The molecule has 5 nitrogen and oxygen atoms in total. The lowest BCUT2D eigenvalue weighted by atomic mass is 10.1. The second kappa shape index (κ2) is 8.22. The zero-order valence-electron chi connectivity index (χ0n) is 16.9. The predicted octanol–water partition coefficient (Wildman–Crippen LogP) is 3.87. The fraction of sp³-hybridized carbons (Fsp3) is 0.348. The zero-order chi connectivity index (χ0) is 21.3. The van der Waals surface area contributed by atoms with E-state index in [9.17, 15) is 17.6 Å². The Bertz CT molecular complexity index is 1190. The normalized spacial score (nSPS) is 19.0. The Morgan fingerprint density at radius 3 is 2.63 bits per heavy atom. The molecule has 7 heteroatoms. The molecule has 2 heterocycles. The van der Waals surface area contributed by atoms with Gasteiger partial charge in [-0.2, -0.15) is 0 Å². The molecule has 2 aromatic carbocycles. The minimum atomic E-state index is -3.53. The summed E-state index contributed by atoms with van der Waals surface area (Å²) in [6.07, 6.45) is 0.504. The monoisotopic (exact) mass is 428 g/mol. The highest BCUT2D eigenvalue weighted by molar-refractivity contribution is 7.91. The van der Waals surface area contributed by atoms with Gasteiger partial charge in [0.1, 0.15) is 5.82 Å². The quantitative estimate of drug-likeness (QED) is 0.634. The number of carbonyl (C=O) groups is 1. The molecule has 4 rings (SSSR count). The van der Waals surface area contributed by atoms with Crippen molar-refractivity contribution in [2.45, 2.75) is 31.6 Å². The Labute approximate surface area is 176 Å². The van der Waals surface area contributed by atoms with E-state index >= 15 is 0 Å². The minimum absolute atomic E-state index is 0.0726. The number of aromatic nitrogens is 1. The Balaban J connectivity index is 1.47. The van der Waals surface area contributed by atoms with Crippen LogP contribution in [0, 0.1) is 12.7 Å². The Kier molecular flexibility index (Phi) is 5.64. The van der Waals surface area contributed by atoms with E-state index in [1.807, 2.05) is 31.2 Å². The van der Waals surface area contributed by atoms with Crippen molar-refractivity contribution in [1.29, 1.82) is 0 Å². The van der Waals surface area contributed by atoms with E-state index in [0.717, 1.165) is 16.6 Å².